The molecule has 1 aromatic carbocycles. The van der Waals surface area contributed by atoms with Crippen LogP contribution in [0.5, 0.6) is 5.75 Å². The molecule has 1 rings (SSSR count). The molecule has 4 nitrogen and oxygen atoms in total. The van der Waals surface area contributed by atoms with Gasteiger partial charge in [-0.15, -0.1) is 0 Å². The first kappa shape index (κ1) is 14.5. The average molecular weight is 250 g/mol. The summed E-state index contributed by atoms with van der Waals surface area (Å²) in [5.74, 6) is 0.841. The van der Waals surface area contributed by atoms with Crippen LogP contribution < -0.4 is 15.4 Å². The van der Waals surface area contributed by atoms with Crippen LogP contribution in [0, 0.1) is 0 Å². The van der Waals surface area contributed by atoms with Gasteiger partial charge in [0.2, 0.25) is 5.91 Å². The van der Waals surface area contributed by atoms with Gasteiger partial charge >= 0.3 is 0 Å². The Labute approximate surface area is 109 Å². The van der Waals surface area contributed by atoms with E-state index in [0.717, 1.165) is 24.3 Å². The van der Waals surface area contributed by atoms with Crippen LogP contribution in [0.15, 0.2) is 24.3 Å². The summed E-state index contributed by atoms with van der Waals surface area (Å²) in [7, 11) is 1.64. The molecule has 0 saturated heterocycles. The van der Waals surface area contributed by atoms with Gasteiger partial charge in [0.05, 0.1) is 19.7 Å². The molecule has 1 atom stereocenters. The number of amides is 1. The number of nitrogens with one attached hydrogen (secondary N) is 2. The second kappa shape index (κ2) is 7.71. The summed E-state index contributed by atoms with van der Waals surface area (Å²) in [6.07, 6.45) is 1.03. The van der Waals surface area contributed by atoms with Crippen molar-refractivity contribution in [2.75, 3.05) is 20.2 Å². The van der Waals surface area contributed by atoms with Gasteiger partial charge in [-0.1, -0.05) is 19.1 Å². The molecule has 18 heavy (non-hydrogen) atoms. The molecule has 2 N–H and O–H groups in total. The van der Waals surface area contributed by atoms with E-state index in [-0.39, 0.29) is 11.9 Å². The van der Waals surface area contributed by atoms with Crippen molar-refractivity contribution in [1.29, 1.82) is 0 Å². The van der Waals surface area contributed by atoms with Crippen LogP contribution in [0.25, 0.3) is 0 Å². The van der Waals surface area contributed by atoms with Gasteiger partial charge in [0.1, 0.15) is 5.75 Å². The van der Waals surface area contributed by atoms with Crippen molar-refractivity contribution in [3.63, 3.8) is 0 Å². The minimum atomic E-state index is 0.00633. The van der Waals surface area contributed by atoms with Crippen molar-refractivity contribution in [2.24, 2.45) is 0 Å². The number of methoxy groups -OCH3 is 1. The summed E-state index contributed by atoms with van der Waals surface area (Å²) < 4.78 is 5.10. The average Bonchev–Trinajstić information content (AvgIpc) is 2.39. The van der Waals surface area contributed by atoms with Gasteiger partial charge in [-0.3, -0.25) is 4.79 Å². The highest BCUT2D eigenvalue weighted by Crippen LogP contribution is 2.16. The van der Waals surface area contributed by atoms with Gasteiger partial charge in [-0.05, 0) is 37.6 Å². The molecule has 1 aromatic rings. The number of carbonyl (C=O) groups excluding carboxylic acids is 1. The molecule has 1 amide bonds. The first-order valence-electron chi connectivity index (χ1n) is 6.31. The first-order chi connectivity index (χ1) is 8.67. The molecule has 0 heterocycles. The van der Waals surface area contributed by atoms with Gasteiger partial charge in [0, 0.05) is 0 Å². The van der Waals surface area contributed by atoms with E-state index in [1.165, 1.54) is 0 Å². The van der Waals surface area contributed by atoms with Crippen molar-refractivity contribution in [2.45, 2.75) is 26.3 Å². The Morgan fingerprint density at radius 2 is 2.00 bits per heavy atom. The van der Waals surface area contributed by atoms with Gasteiger partial charge in [0.15, 0.2) is 0 Å². The van der Waals surface area contributed by atoms with E-state index in [4.69, 9.17) is 4.74 Å². The zero-order valence-electron chi connectivity index (χ0n) is 11.3. The van der Waals surface area contributed by atoms with E-state index in [9.17, 15) is 4.79 Å². The lowest BCUT2D eigenvalue weighted by Gasteiger charge is -2.15. The predicted molar refractivity (Wildman–Crippen MR) is 72.7 cm³/mol. The van der Waals surface area contributed by atoms with Crippen LogP contribution in [0.3, 0.4) is 0 Å². The summed E-state index contributed by atoms with van der Waals surface area (Å²) in [4.78, 5) is 11.6. The number of rotatable bonds is 7. The normalized spacial score (nSPS) is 11.9. The Hall–Kier alpha value is -1.55. The summed E-state index contributed by atoms with van der Waals surface area (Å²) in [5, 5.41) is 6.03. The zero-order valence-corrected chi connectivity index (χ0v) is 11.3. The fourth-order valence-electron chi connectivity index (χ4n) is 1.65. The Morgan fingerprint density at radius 1 is 1.33 bits per heavy atom. The van der Waals surface area contributed by atoms with Crippen LogP contribution in [-0.2, 0) is 4.79 Å². The third-order valence-corrected chi connectivity index (χ3v) is 2.71. The Bertz CT molecular complexity index is 363. The Morgan fingerprint density at radius 3 is 2.56 bits per heavy atom. The van der Waals surface area contributed by atoms with Crippen molar-refractivity contribution in [3.05, 3.63) is 29.8 Å². The number of hydrogen-bond acceptors (Lipinski definition) is 3. The molecule has 0 radical (unpaired) electrons. The molecule has 0 aliphatic heterocycles. The Balaban J connectivity index is 2.43. The lowest BCUT2D eigenvalue weighted by atomic mass is 10.1. The van der Waals surface area contributed by atoms with Crippen molar-refractivity contribution in [3.8, 4) is 5.75 Å². The maximum atomic E-state index is 11.6. The van der Waals surface area contributed by atoms with Gasteiger partial charge in [-0.25, -0.2) is 0 Å². The summed E-state index contributed by atoms with van der Waals surface area (Å²) in [5.41, 5.74) is 1.07. The first-order valence-corrected chi connectivity index (χ1v) is 6.31. The highest BCUT2D eigenvalue weighted by molar-refractivity contribution is 5.78. The quantitative estimate of drug-likeness (QED) is 0.726. The summed E-state index contributed by atoms with van der Waals surface area (Å²) in [6, 6.07) is 7.72. The molecule has 0 unspecified atom stereocenters. The fraction of sp³-hybridized carbons (Fsp3) is 0.500. The monoisotopic (exact) mass is 250 g/mol. The Kier molecular flexibility index (Phi) is 6.22. The summed E-state index contributed by atoms with van der Waals surface area (Å²) >= 11 is 0. The molecule has 0 fully saturated rings. The molecule has 4 heteroatoms. The highest BCUT2D eigenvalue weighted by atomic mass is 16.5. The lowest BCUT2D eigenvalue weighted by Crippen LogP contribution is -2.35. The standard InChI is InChI=1S/C14H22N2O2/c1-4-9-15-10-14(17)16-11(2)12-5-7-13(18-3)8-6-12/h5-8,11,15H,4,9-10H2,1-3H3,(H,16,17)/t11-/m1/s1. The molecule has 0 spiro atoms. The number of carbonyl (C=O) groups is 1. The van der Waals surface area contributed by atoms with E-state index in [0.29, 0.717) is 6.54 Å². The van der Waals surface area contributed by atoms with Crippen LogP contribution in [0.1, 0.15) is 31.9 Å². The fourth-order valence-corrected chi connectivity index (χ4v) is 1.65. The summed E-state index contributed by atoms with van der Waals surface area (Å²) in [6.45, 7) is 5.28. The van der Waals surface area contributed by atoms with Crippen molar-refractivity contribution in [1.82, 2.24) is 10.6 Å². The molecule has 0 bridgehead atoms. The van der Waals surface area contributed by atoms with Gasteiger partial charge in [0.25, 0.3) is 0 Å². The molecule has 0 aliphatic rings. The van der Waals surface area contributed by atoms with E-state index in [1.807, 2.05) is 31.2 Å². The van der Waals surface area contributed by atoms with E-state index in [2.05, 4.69) is 17.6 Å². The van der Waals surface area contributed by atoms with Crippen molar-refractivity contribution >= 4 is 5.91 Å². The van der Waals surface area contributed by atoms with Crippen LogP contribution in [-0.4, -0.2) is 26.1 Å². The van der Waals surface area contributed by atoms with Crippen LogP contribution in [0.2, 0.25) is 0 Å². The molecule has 0 saturated carbocycles. The third-order valence-electron chi connectivity index (χ3n) is 2.71. The number of hydrogen-bond donors (Lipinski definition) is 2. The minimum absolute atomic E-state index is 0.00633. The number of ether oxygens (including phenoxy) is 1. The topological polar surface area (TPSA) is 50.4 Å². The zero-order chi connectivity index (χ0) is 13.4. The molecule has 100 valence electrons. The second-order valence-electron chi connectivity index (χ2n) is 4.24. The largest absolute Gasteiger partial charge is 0.497 e. The van der Waals surface area contributed by atoms with Crippen LogP contribution >= 0.6 is 0 Å². The van der Waals surface area contributed by atoms with Gasteiger partial charge < -0.3 is 15.4 Å². The van der Waals surface area contributed by atoms with Crippen LogP contribution in [0.4, 0.5) is 0 Å². The predicted octanol–water partition coefficient (Wildman–Crippen LogP) is 1.87. The van der Waals surface area contributed by atoms with E-state index >= 15 is 0 Å². The minimum Gasteiger partial charge on any atom is -0.497 e. The van der Waals surface area contributed by atoms with E-state index < -0.39 is 0 Å². The third kappa shape index (κ3) is 4.75. The molecular formula is C14H22N2O2. The maximum Gasteiger partial charge on any atom is 0.234 e. The second-order valence-corrected chi connectivity index (χ2v) is 4.24. The van der Waals surface area contributed by atoms with Crippen molar-refractivity contribution < 1.29 is 9.53 Å². The van der Waals surface area contributed by atoms with E-state index in [1.54, 1.807) is 7.11 Å². The molecular weight excluding hydrogens is 228 g/mol. The van der Waals surface area contributed by atoms with Gasteiger partial charge in [-0.2, -0.15) is 0 Å². The lowest BCUT2D eigenvalue weighted by molar-refractivity contribution is -0.120. The maximum absolute atomic E-state index is 11.6. The molecule has 0 aliphatic carbocycles. The SMILES string of the molecule is CCCNCC(=O)N[C@H](C)c1ccc(OC)cc1. The smallest absolute Gasteiger partial charge is 0.234 e. The number of benzene rings is 1. The molecule has 0 aromatic heterocycles. The highest BCUT2D eigenvalue weighted by Gasteiger charge is 2.08.